The Bertz CT molecular complexity index is 414. The van der Waals surface area contributed by atoms with Gasteiger partial charge in [0.25, 0.3) is 5.91 Å². The monoisotopic (exact) mass is 249 g/mol. The van der Waals surface area contributed by atoms with Gasteiger partial charge in [0.15, 0.2) is 0 Å². The summed E-state index contributed by atoms with van der Waals surface area (Å²) in [4.78, 5) is 17.4. The van der Waals surface area contributed by atoms with E-state index >= 15 is 0 Å². The number of ether oxygens (including phenoxy) is 1. The molecule has 1 fully saturated rings. The molecule has 0 radical (unpaired) electrons. The number of carbonyl (C=O) groups is 1. The van der Waals surface area contributed by atoms with E-state index in [9.17, 15) is 4.79 Å². The van der Waals surface area contributed by atoms with Crippen LogP contribution in [-0.2, 0) is 4.74 Å². The number of nitrogens with zero attached hydrogens (tertiary/aromatic N) is 2. The van der Waals surface area contributed by atoms with Gasteiger partial charge in [-0.1, -0.05) is 0 Å². The van der Waals surface area contributed by atoms with Crippen LogP contribution in [0.5, 0.6) is 0 Å². The third-order valence-electron chi connectivity index (χ3n) is 2.94. The highest BCUT2D eigenvalue weighted by Gasteiger charge is 2.15. The number of hydrogen-bond donors (Lipinski definition) is 1. The van der Waals surface area contributed by atoms with Crippen molar-refractivity contribution in [1.82, 2.24) is 9.88 Å². The summed E-state index contributed by atoms with van der Waals surface area (Å²) in [5, 5.41) is 3.29. The predicted molar refractivity (Wildman–Crippen MR) is 69.7 cm³/mol. The molecule has 1 atom stereocenters. The van der Waals surface area contributed by atoms with E-state index < -0.39 is 0 Å². The van der Waals surface area contributed by atoms with E-state index in [-0.39, 0.29) is 12.0 Å². The van der Waals surface area contributed by atoms with Crippen LogP contribution in [-0.4, -0.2) is 49.1 Å². The third kappa shape index (κ3) is 3.20. The molecule has 5 heteroatoms. The van der Waals surface area contributed by atoms with Crippen molar-refractivity contribution in [2.24, 2.45) is 0 Å². The van der Waals surface area contributed by atoms with Gasteiger partial charge >= 0.3 is 0 Å². The van der Waals surface area contributed by atoms with Gasteiger partial charge in [0.1, 0.15) is 5.69 Å². The Kier molecular flexibility index (Phi) is 4.15. The summed E-state index contributed by atoms with van der Waals surface area (Å²) in [6.45, 7) is 1.63. The van der Waals surface area contributed by atoms with Crippen molar-refractivity contribution in [1.29, 1.82) is 0 Å². The van der Waals surface area contributed by atoms with Crippen LogP contribution in [0.2, 0.25) is 0 Å². The highest BCUT2D eigenvalue weighted by Crippen LogP contribution is 2.14. The van der Waals surface area contributed by atoms with E-state index in [0.29, 0.717) is 5.69 Å². The van der Waals surface area contributed by atoms with Crippen LogP contribution in [0, 0.1) is 0 Å². The third-order valence-corrected chi connectivity index (χ3v) is 2.94. The van der Waals surface area contributed by atoms with Crippen molar-refractivity contribution in [3.63, 3.8) is 0 Å². The van der Waals surface area contributed by atoms with Crippen molar-refractivity contribution in [2.75, 3.05) is 32.6 Å². The first kappa shape index (κ1) is 12.8. The van der Waals surface area contributed by atoms with Gasteiger partial charge in [0, 0.05) is 39.1 Å². The maximum atomic E-state index is 11.8. The lowest BCUT2D eigenvalue weighted by molar-refractivity contribution is 0.0822. The Hall–Kier alpha value is -1.62. The molecule has 1 unspecified atom stereocenters. The molecule has 1 aliphatic rings. The van der Waals surface area contributed by atoms with E-state index in [1.54, 1.807) is 26.4 Å². The summed E-state index contributed by atoms with van der Waals surface area (Å²) in [5.41, 5.74) is 1.36. The van der Waals surface area contributed by atoms with E-state index in [1.165, 1.54) is 4.90 Å². The van der Waals surface area contributed by atoms with Gasteiger partial charge in [-0.15, -0.1) is 0 Å². The molecule has 1 aromatic rings. The molecule has 0 bridgehead atoms. The number of carbonyl (C=O) groups excluding carboxylic acids is 1. The Balaban J connectivity index is 1.96. The lowest BCUT2D eigenvalue weighted by Crippen LogP contribution is -2.23. The second kappa shape index (κ2) is 5.82. The number of nitrogens with one attached hydrogen (secondary N) is 1. The normalized spacial score (nSPS) is 18.7. The molecule has 98 valence electrons. The molecule has 1 saturated heterocycles. The minimum Gasteiger partial charge on any atom is -0.382 e. The van der Waals surface area contributed by atoms with Gasteiger partial charge in [0.2, 0.25) is 0 Å². The van der Waals surface area contributed by atoms with Gasteiger partial charge < -0.3 is 15.0 Å². The highest BCUT2D eigenvalue weighted by molar-refractivity contribution is 5.92. The lowest BCUT2D eigenvalue weighted by atomic mass is 10.2. The predicted octanol–water partition coefficient (Wildman–Crippen LogP) is 1.37. The van der Waals surface area contributed by atoms with Crippen molar-refractivity contribution in [2.45, 2.75) is 18.9 Å². The second-order valence-electron chi connectivity index (χ2n) is 4.65. The lowest BCUT2D eigenvalue weighted by Gasteiger charge is -2.13. The Morgan fingerprint density at radius 1 is 1.61 bits per heavy atom. The number of amides is 1. The molecular weight excluding hydrogens is 230 g/mol. The second-order valence-corrected chi connectivity index (χ2v) is 4.65. The first-order valence-corrected chi connectivity index (χ1v) is 6.20. The maximum absolute atomic E-state index is 11.8. The molecule has 1 aliphatic heterocycles. The number of aromatic nitrogens is 1. The van der Waals surface area contributed by atoms with Gasteiger partial charge in [-0.05, 0) is 25.0 Å². The van der Waals surface area contributed by atoms with E-state index in [4.69, 9.17) is 4.74 Å². The van der Waals surface area contributed by atoms with Gasteiger partial charge in [-0.2, -0.15) is 0 Å². The average Bonchev–Trinajstić information content (AvgIpc) is 2.89. The fourth-order valence-electron chi connectivity index (χ4n) is 1.92. The van der Waals surface area contributed by atoms with Crippen molar-refractivity contribution in [3.8, 4) is 0 Å². The smallest absolute Gasteiger partial charge is 0.272 e. The zero-order valence-corrected chi connectivity index (χ0v) is 10.8. The molecule has 2 rings (SSSR count). The first-order chi connectivity index (χ1) is 8.66. The Morgan fingerprint density at radius 2 is 2.44 bits per heavy atom. The Labute approximate surface area is 107 Å². The van der Waals surface area contributed by atoms with Crippen LogP contribution >= 0.6 is 0 Å². The number of hydrogen-bond acceptors (Lipinski definition) is 4. The Morgan fingerprint density at radius 3 is 3.11 bits per heavy atom. The summed E-state index contributed by atoms with van der Waals surface area (Å²) in [6, 6.07) is 3.64. The molecule has 2 heterocycles. The molecule has 18 heavy (non-hydrogen) atoms. The minimum atomic E-state index is -0.0873. The quantitative estimate of drug-likeness (QED) is 0.875. The van der Waals surface area contributed by atoms with Crippen molar-refractivity contribution < 1.29 is 9.53 Å². The number of pyridine rings is 1. The first-order valence-electron chi connectivity index (χ1n) is 6.20. The summed E-state index contributed by atoms with van der Waals surface area (Å²) in [5.74, 6) is -0.0873. The average molecular weight is 249 g/mol. The minimum absolute atomic E-state index is 0.0873. The molecule has 1 N–H and O–H groups in total. The molecule has 0 saturated carbocycles. The fraction of sp³-hybridized carbons (Fsp3) is 0.538. The zero-order chi connectivity index (χ0) is 13.0. The molecule has 5 nitrogen and oxygen atoms in total. The van der Waals surface area contributed by atoms with Gasteiger partial charge in [-0.3, -0.25) is 9.78 Å². The summed E-state index contributed by atoms with van der Waals surface area (Å²) >= 11 is 0. The van der Waals surface area contributed by atoms with Crippen molar-refractivity contribution >= 4 is 11.6 Å². The van der Waals surface area contributed by atoms with Gasteiger partial charge in [-0.25, -0.2) is 0 Å². The fourth-order valence-corrected chi connectivity index (χ4v) is 1.92. The topological polar surface area (TPSA) is 54.5 Å². The largest absolute Gasteiger partial charge is 0.382 e. The summed E-state index contributed by atoms with van der Waals surface area (Å²) in [7, 11) is 3.44. The van der Waals surface area contributed by atoms with Crippen LogP contribution in [0.4, 0.5) is 5.69 Å². The molecule has 0 aromatic carbocycles. The summed E-state index contributed by atoms with van der Waals surface area (Å²) < 4.78 is 5.54. The molecule has 0 aliphatic carbocycles. The SMILES string of the molecule is CN(C)C(=O)c1cc(NCC2CCCO2)ccn1. The number of anilines is 1. The van der Waals surface area contributed by atoms with Crippen LogP contribution < -0.4 is 5.32 Å². The highest BCUT2D eigenvalue weighted by atomic mass is 16.5. The molecule has 1 amide bonds. The molecular formula is C13H19N3O2. The van der Waals surface area contributed by atoms with E-state index in [0.717, 1.165) is 31.7 Å². The van der Waals surface area contributed by atoms with Gasteiger partial charge in [0.05, 0.1) is 6.10 Å². The van der Waals surface area contributed by atoms with E-state index in [2.05, 4.69) is 10.3 Å². The van der Waals surface area contributed by atoms with Crippen molar-refractivity contribution in [3.05, 3.63) is 24.0 Å². The zero-order valence-electron chi connectivity index (χ0n) is 10.8. The molecule has 0 spiro atoms. The van der Waals surface area contributed by atoms with Crippen LogP contribution in [0.15, 0.2) is 18.3 Å². The van der Waals surface area contributed by atoms with Crippen LogP contribution in [0.3, 0.4) is 0 Å². The maximum Gasteiger partial charge on any atom is 0.272 e. The van der Waals surface area contributed by atoms with Crippen LogP contribution in [0.1, 0.15) is 23.3 Å². The molecule has 1 aromatic heterocycles. The summed E-state index contributed by atoms with van der Waals surface area (Å²) in [6.07, 6.45) is 4.16. The standard InChI is InChI=1S/C13H19N3O2/c1-16(2)13(17)12-8-10(5-6-14-12)15-9-11-4-3-7-18-11/h5-6,8,11H,3-4,7,9H2,1-2H3,(H,14,15). The number of rotatable bonds is 4. The van der Waals surface area contributed by atoms with Crippen LogP contribution in [0.25, 0.3) is 0 Å². The van der Waals surface area contributed by atoms with E-state index in [1.807, 2.05) is 6.07 Å².